The van der Waals surface area contributed by atoms with Crippen LogP contribution in [-0.4, -0.2) is 21.6 Å². The van der Waals surface area contributed by atoms with Crippen LogP contribution in [0.15, 0.2) is 6.33 Å². The summed E-state index contributed by atoms with van der Waals surface area (Å²) < 4.78 is 6.38. The van der Waals surface area contributed by atoms with E-state index in [1.807, 2.05) is 11.3 Å². The van der Waals surface area contributed by atoms with Gasteiger partial charge in [0, 0.05) is 10.4 Å². The zero-order chi connectivity index (χ0) is 16.7. The second-order valence-corrected chi connectivity index (χ2v) is 8.56. The van der Waals surface area contributed by atoms with Crippen molar-refractivity contribution in [2.75, 3.05) is 0 Å². The van der Waals surface area contributed by atoms with Gasteiger partial charge in [-0.25, -0.2) is 9.97 Å². The quantitative estimate of drug-likeness (QED) is 0.882. The molecule has 0 radical (unpaired) electrons. The maximum Gasteiger partial charge on any atom is 0.225 e. The largest absolute Gasteiger partial charge is 0.474 e. The summed E-state index contributed by atoms with van der Waals surface area (Å²) in [5, 5.41) is 1.20. The fraction of sp³-hybridized carbons (Fsp3) is 0.684. The highest BCUT2D eigenvalue weighted by molar-refractivity contribution is 7.19. The molecule has 5 heteroatoms. The minimum Gasteiger partial charge on any atom is -0.474 e. The number of rotatable bonds is 4. The van der Waals surface area contributed by atoms with E-state index >= 15 is 0 Å². The molecule has 2 aliphatic rings. The summed E-state index contributed by atoms with van der Waals surface area (Å²) in [5.41, 5.74) is 7.91. The van der Waals surface area contributed by atoms with Gasteiger partial charge in [-0.2, -0.15) is 0 Å². The lowest BCUT2D eigenvalue weighted by Crippen LogP contribution is -2.44. The van der Waals surface area contributed by atoms with E-state index in [0.717, 1.165) is 42.8 Å². The molecule has 0 amide bonds. The van der Waals surface area contributed by atoms with Crippen LogP contribution in [0.3, 0.4) is 0 Å². The first kappa shape index (κ1) is 16.3. The van der Waals surface area contributed by atoms with Gasteiger partial charge in [0.2, 0.25) is 5.88 Å². The van der Waals surface area contributed by atoms with Crippen LogP contribution in [-0.2, 0) is 6.42 Å². The van der Waals surface area contributed by atoms with Gasteiger partial charge in [0.05, 0.1) is 5.39 Å². The lowest BCUT2D eigenvalue weighted by molar-refractivity contribution is 0.113. The number of fused-ring (bicyclic) bond motifs is 3. The van der Waals surface area contributed by atoms with Gasteiger partial charge in [-0.1, -0.05) is 13.8 Å². The third-order valence-corrected chi connectivity index (χ3v) is 7.27. The molecule has 4 rings (SSSR count). The predicted molar refractivity (Wildman–Crippen MR) is 98.9 cm³/mol. The molecule has 2 heterocycles. The smallest absolute Gasteiger partial charge is 0.225 e. The van der Waals surface area contributed by atoms with E-state index in [2.05, 4.69) is 23.8 Å². The Morgan fingerprint density at radius 2 is 2.04 bits per heavy atom. The molecule has 2 aromatic rings. The third-order valence-electron chi connectivity index (χ3n) is 6.10. The van der Waals surface area contributed by atoms with Crippen LogP contribution in [0.5, 0.6) is 5.88 Å². The van der Waals surface area contributed by atoms with Crippen molar-refractivity contribution in [3.63, 3.8) is 0 Å². The molecule has 1 atom stereocenters. The Morgan fingerprint density at radius 3 is 2.75 bits per heavy atom. The Hall–Kier alpha value is -1.20. The van der Waals surface area contributed by atoms with Crippen molar-refractivity contribution in [2.45, 2.75) is 82.8 Å². The lowest BCUT2D eigenvalue weighted by Gasteiger charge is -2.36. The van der Waals surface area contributed by atoms with Crippen molar-refractivity contribution in [2.24, 2.45) is 5.73 Å². The van der Waals surface area contributed by atoms with Gasteiger partial charge in [0.25, 0.3) is 0 Å². The van der Waals surface area contributed by atoms with Gasteiger partial charge in [0.1, 0.15) is 17.3 Å². The molecule has 130 valence electrons. The summed E-state index contributed by atoms with van der Waals surface area (Å²) >= 11 is 1.83. The van der Waals surface area contributed by atoms with Gasteiger partial charge in [-0.05, 0) is 62.8 Å². The second kappa shape index (κ2) is 6.26. The predicted octanol–water partition coefficient (Wildman–Crippen LogP) is 4.56. The van der Waals surface area contributed by atoms with Crippen LogP contribution in [0, 0.1) is 0 Å². The molecular formula is C19H27N3OS. The molecule has 0 saturated heterocycles. The molecule has 24 heavy (non-hydrogen) atoms. The number of nitrogens with two attached hydrogens (primary N) is 1. The fourth-order valence-corrected chi connectivity index (χ4v) is 5.56. The molecule has 2 aliphatic carbocycles. The van der Waals surface area contributed by atoms with Crippen LogP contribution in [0.4, 0.5) is 0 Å². The fourth-order valence-electron chi connectivity index (χ4n) is 4.33. The van der Waals surface area contributed by atoms with E-state index in [4.69, 9.17) is 10.5 Å². The van der Waals surface area contributed by atoms with Crippen molar-refractivity contribution in [1.29, 1.82) is 0 Å². The summed E-state index contributed by atoms with van der Waals surface area (Å²) in [6.45, 7) is 4.47. The lowest BCUT2D eigenvalue weighted by atomic mass is 9.79. The molecule has 1 saturated carbocycles. The summed E-state index contributed by atoms with van der Waals surface area (Å²) in [6.07, 6.45) is 10.7. The first-order valence-corrected chi connectivity index (χ1v) is 10.2. The molecule has 4 nitrogen and oxygen atoms in total. The first-order chi connectivity index (χ1) is 11.6. The first-order valence-electron chi connectivity index (χ1n) is 9.35. The molecule has 2 aromatic heterocycles. The van der Waals surface area contributed by atoms with Gasteiger partial charge >= 0.3 is 0 Å². The highest BCUT2D eigenvalue weighted by Crippen LogP contribution is 2.47. The van der Waals surface area contributed by atoms with Crippen molar-refractivity contribution in [3.8, 4) is 5.88 Å². The van der Waals surface area contributed by atoms with Gasteiger partial charge in [0.15, 0.2) is 0 Å². The second-order valence-electron chi connectivity index (χ2n) is 7.47. The van der Waals surface area contributed by atoms with Crippen LogP contribution in [0.1, 0.15) is 75.2 Å². The normalized spacial score (nSPS) is 29.8. The molecule has 0 aromatic carbocycles. The monoisotopic (exact) mass is 345 g/mol. The summed E-state index contributed by atoms with van der Waals surface area (Å²) in [4.78, 5) is 11.6. The number of hydrogen-bond acceptors (Lipinski definition) is 5. The van der Waals surface area contributed by atoms with Gasteiger partial charge in [-0.15, -0.1) is 11.3 Å². The molecule has 0 unspecified atom stereocenters. The van der Waals surface area contributed by atoms with Crippen molar-refractivity contribution < 1.29 is 4.74 Å². The van der Waals surface area contributed by atoms with Crippen LogP contribution < -0.4 is 10.5 Å². The standard InChI is InChI=1S/C19H27N3OS/c1-3-12-5-6-14-15(12)16-17(21-11-22-18(16)24-14)23-13-7-9-19(20,4-2)10-8-13/h11-13H,3-10,20H2,1-2H3/t12-,13?,19?/m1/s1. The van der Waals surface area contributed by atoms with Crippen molar-refractivity contribution in [1.82, 2.24) is 9.97 Å². The molecule has 1 fully saturated rings. The van der Waals surface area contributed by atoms with E-state index < -0.39 is 0 Å². The molecule has 0 spiro atoms. The average Bonchev–Trinajstić information content (AvgIpc) is 3.16. The van der Waals surface area contributed by atoms with E-state index in [-0.39, 0.29) is 11.6 Å². The summed E-state index contributed by atoms with van der Waals surface area (Å²) in [7, 11) is 0. The number of hydrogen-bond donors (Lipinski definition) is 1. The Morgan fingerprint density at radius 1 is 1.25 bits per heavy atom. The van der Waals surface area contributed by atoms with E-state index in [0.29, 0.717) is 5.92 Å². The Bertz CT molecular complexity index is 734. The van der Waals surface area contributed by atoms with E-state index in [1.165, 1.54) is 35.1 Å². The number of thiophene rings is 1. The molecule has 0 aliphatic heterocycles. The Balaban J connectivity index is 1.61. The van der Waals surface area contributed by atoms with Crippen LogP contribution in [0.25, 0.3) is 10.2 Å². The van der Waals surface area contributed by atoms with E-state index in [9.17, 15) is 0 Å². The summed E-state index contributed by atoms with van der Waals surface area (Å²) in [5.74, 6) is 1.45. The number of aryl methyl sites for hydroxylation is 1. The molecule has 2 N–H and O–H groups in total. The van der Waals surface area contributed by atoms with Crippen LogP contribution in [0.2, 0.25) is 0 Å². The van der Waals surface area contributed by atoms with Gasteiger partial charge < -0.3 is 10.5 Å². The maximum atomic E-state index is 6.42. The zero-order valence-electron chi connectivity index (χ0n) is 14.7. The highest BCUT2D eigenvalue weighted by atomic mass is 32.1. The van der Waals surface area contributed by atoms with Crippen molar-refractivity contribution >= 4 is 21.6 Å². The average molecular weight is 346 g/mol. The Kier molecular flexibility index (Phi) is 4.25. The number of ether oxygens (including phenoxy) is 1. The minimum absolute atomic E-state index is 0.0117. The van der Waals surface area contributed by atoms with Crippen molar-refractivity contribution in [3.05, 3.63) is 16.8 Å². The zero-order valence-corrected chi connectivity index (χ0v) is 15.5. The summed E-state index contributed by atoms with van der Waals surface area (Å²) in [6, 6.07) is 0. The number of nitrogens with zero attached hydrogens (tertiary/aromatic N) is 2. The SMILES string of the molecule is CC[C@@H]1CCc2sc3ncnc(OC4CCC(N)(CC)CC4)c3c21. The van der Waals surface area contributed by atoms with Gasteiger partial charge in [-0.3, -0.25) is 0 Å². The molecular weight excluding hydrogens is 318 g/mol. The highest BCUT2D eigenvalue weighted by Gasteiger charge is 2.33. The third kappa shape index (κ3) is 2.72. The number of aromatic nitrogens is 2. The minimum atomic E-state index is 0.0117. The van der Waals surface area contributed by atoms with Crippen LogP contribution >= 0.6 is 11.3 Å². The molecule has 0 bridgehead atoms. The maximum absolute atomic E-state index is 6.42. The topological polar surface area (TPSA) is 61.0 Å². The Labute approximate surface area is 147 Å². The van der Waals surface area contributed by atoms with E-state index in [1.54, 1.807) is 6.33 Å².